The highest BCUT2D eigenvalue weighted by Gasteiger charge is 1.74. The number of unbranched alkanes of at least 4 members (excludes halogenated alkanes) is 2. The number of hydrogen-bond acceptors (Lipinski definition) is 0. The van der Waals surface area contributed by atoms with Crippen LogP contribution in [-0.2, 0) is 0 Å². The summed E-state index contributed by atoms with van der Waals surface area (Å²) >= 11 is 0. The first kappa shape index (κ1) is 14.5. The largest absolute Gasteiger partial charge is 0.125 e. The van der Waals surface area contributed by atoms with Crippen LogP contribution in [0.4, 0.5) is 0 Å². The molecule has 0 saturated carbocycles. The van der Waals surface area contributed by atoms with Crippen LogP contribution in [0.25, 0.3) is 0 Å². The lowest BCUT2D eigenvalue weighted by Crippen LogP contribution is -1.63. The van der Waals surface area contributed by atoms with E-state index in [0.717, 1.165) is 12.8 Å². The summed E-state index contributed by atoms with van der Waals surface area (Å²) in [7, 11) is 0. The fourth-order valence-corrected chi connectivity index (χ4v) is 1.04. The molecule has 0 aliphatic carbocycles. The Morgan fingerprint density at radius 3 is 2.38 bits per heavy atom. The lowest BCUT2D eigenvalue weighted by atomic mass is 10.2. The SMILES string of the molecule is C=C/C=C/C=C=CCC/C=C/C=C/CCC. The number of allylic oxidation sites excluding steroid dienone is 8. The van der Waals surface area contributed by atoms with Gasteiger partial charge in [-0.1, -0.05) is 62.5 Å². The standard InChI is InChI=1S/C16H22/c1-3-5-7-9-11-13-15-16-14-12-10-8-6-4-2/h3,5,7-10,12-14H,1,4,6,15-16H2,2H3/b7-5+,10-8+,14-12+. The third kappa shape index (κ3) is 12.5. The van der Waals surface area contributed by atoms with E-state index in [1.54, 1.807) is 6.08 Å². The van der Waals surface area contributed by atoms with E-state index >= 15 is 0 Å². The Bertz CT molecular complexity index is 294. The quantitative estimate of drug-likeness (QED) is 0.298. The van der Waals surface area contributed by atoms with Gasteiger partial charge in [-0.25, -0.2) is 0 Å². The van der Waals surface area contributed by atoms with Gasteiger partial charge in [-0.15, -0.1) is 5.73 Å². The van der Waals surface area contributed by atoms with Gasteiger partial charge in [-0.05, 0) is 31.4 Å². The van der Waals surface area contributed by atoms with E-state index in [1.165, 1.54) is 12.8 Å². The van der Waals surface area contributed by atoms with E-state index in [4.69, 9.17) is 0 Å². The second kappa shape index (κ2) is 13.5. The van der Waals surface area contributed by atoms with Crippen molar-refractivity contribution in [3.63, 3.8) is 0 Å². The maximum absolute atomic E-state index is 3.59. The van der Waals surface area contributed by atoms with Crippen LogP contribution in [0.1, 0.15) is 32.6 Å². The fourth-order valence-electron chi connectivity index (χ4n) is 1.04. The summed E-state index contributed by atoms with van der Waals surface area (Å²) in [6, 6.07) is 0. The molecule has 0 saturated heterocycles. The topological polar surface area (TPSA) is 0 Å². The maximum atomic E-state index is 3.59. The predicted molar refractivity (Wildman–Crippen MR) is 74.4 cm³/mol. The van der Waals surface area contributed by atoms with Crippen molar-refractivity contribution < 1.29 is 0 Å². The van der Waals surface area contributed by atoms with E-state index in [-0.39, 0.29) is 0 Å². The van der Waals surface area contributed by atoms with E-state index in [0.29, 0.717) is 0 Å². The van der Waals surface area contributed by atoms with Gasteiger partial charge in [-0.3, -0.25) is 0 Å². The molecule has 0 unspecified atom stereocenters. The Morgan fingerprint density at radius 1 is 0.938 bits per heavy atom. The molecule has 0 aromatic carbocycles. The van der Waals surface area contributed by atoms with Crippen LogP contribution in [0.2, 0.25) is 0 Å². The van der Waals surface area contributed by atoms with E-state index in [1.807, 2.05) is 24.3 Å². The molecule has 0 amide bonds. The minimum Gasteiger partial charge on any atom is -0.125 e. The summed E-state index contributed by atoms with van der Waals surface area (Å²) < 4.78 is 0. The first-order valence-electron chi connectivity index (χ1n) is 5.92. The van der Waals surface area contributed by atoms with Crippen LogP contribution in [0, 0.1) is 0 Å². The minimum absolute atomic E-state index is 1.04. The molecule has 0 aliphatic rings. The lowest BCUT2D eigenvalue weighted by molar-refractivity contribution is 0.958. The number of hydrogen-bond donors (Lipinski definition) is 0. The van der Waals surface area contributed by atoms with E-state index < -0.39 is 0 Å². The van der Waals surface area contributed by atoms with Crippen molar-refractivity contribution in [1.82, 2.24) is 0 Å². The highest BCUT2D eigenvalue weighted by Crippen LogP contribution is 1.94. The first-order valence-corrected chi connectivity index (χ1v) is 5.92. The Kier molecular flexibility index (Phi) is 12.2. The summed E-state index contributed by atoms with van der Waals surface area (Å²) in [6.07, 6.45) is 22.6. The zero-order chi connectivity index (χ0) is 11.9. The van der Waals surface area contributed by atoms with Crippen LogP contribution in [-0.4, -0.2) is 0 Å². The summed E-state index contributed by atoms with van der Waals surface area (Å²) in [6.45, 7) is 5.78. The average Bonchev–Trinajstić information content (AvgIpc) is 2.31. The molecule has 0 fully saturated rings. The summed E-state index contributed by atoms with van der Waals surface area (Å²) in [5.41, 5.74) is 3.09. The molecule has 0 spiro atoms. The summed E-state index contributed by atoms with van der Waals surface area (Å²) in [4.78, 5) is 0. The Morgan fingerprint density at radius 2 is 1.69 bits per heavy atom. The highest BCUT2D eigenvalue weighted by molar-refractivity contribution is 5.09. The smallest absolute Gasteiger partial charge is 0.0203 e. The molecule has 0 nitrogen and oxygen atoms in total. The monoisotopic (exact) mass is 214 g/mol. The molecule has 86 valence electrons. The van der Waals surface area contributed by atoms with Gasteiger partial charge < -0.3 is 0 Å². The zero-order valence-corrected chi connectivity index (χ0v) is 10.2. The van der Waals surface area contributed by atoms with Crippen molar-refractivity contribution in [3.8, 4) is 0 Å². The highest BCUT2D eigenvalue weighted by atomic mass is 13.8. The summed E-state index contributed by atoms with van der Waals surface area (Å²) in [5, 5.41) is 0. The number of rotatable bonds is 8. The third-order valence-electron chi connectivity index (χ3n) is 1.87. The van der Waals surface area contributed by atoms with Gasteiger partial charge >= 0.3 is 0 Å². The summed E-state index contributed by atoms with van der Waals surface area (Å²) in [5.74, 6) is 0. The van der Waals surface area contributed by atoms with Crippen molar-refractivity contribution in [1.29, 1.82) is 0 Å². The molecule has 0 bridgehead atoms. The lowest BCUT2D eigenvalue weighted by Gasteiger charge is -1.83. The van der Waals surface area contributed by atoms with Gasteiger partial charge in [-0.2, -0.15) is 0 Å². The molecule has 0 atom stereocenters. The Labute approximate surface area is 100 Å². The third-order valence-corrected chi connectivity index (χ3v) is 1.87. The normalized spacial score (nSPS) is 11.1. The average molecular weight is 214 g/mol. The van der Waals surface area contributed by atoms with Crippen LogP contribution in [0.3, 0.4) is 0 Å². The van der Waals surface area contributed by atoms with Gasteiger partial charge in [0.15, 0.2) is 0 Å². The molecular weight excluding hydrogens is 192 g/mol. The van der Waals surface area contributed by atoms with Crippen LogP contribution < -0.4 is 0 Å². The first-order chi connectivity index (χ1) is 7.91. The van der Waals surface area contributed by atoms with Crippen LogP contribution in [0.5, 0.6) is 0 Å². The van der Waals surface area contributed by atoms with Gasteiger partial charge in [0.1, 0.15) is 0 Å². The van der Waals surface area contributed by atoms with E-state index in [9.17, 15) is 0 Å². The molecule has 0 heterocycles. The predicted octanol–water partition coefficient (Wildman–Crippen LogP) is 5.13. The van der Waals surface area contributed by atoms with Gasteiger partial charge in [0.2, 0.25) is 0 Å². The van der Waals surface area contributed by atoms with Crippen LogP contribution >= 0.6 is 0 Å². The molecule has 16 heavy (non-hydrogen) atoms. The fraction of sp³-hybridized carbons (Fsp3) is 0.312. The van der Waals surface area contributed by atoms with Crippen molar-refractivity contribution in [2.24, 2.45) is 0 Å². The molecular formula is C16H22. The van der Waals surface area contributed by atoms with Crippen molar-refractivity contribution in [2.45, 2.75) is 32.6 Å². The Balaban J connectivity index is 3.55. The van der Waals surface area contributed by atoms with E-state index in [2.05, 4.69) is 43.5 Å². The molecule has 0 radical (unpaired) electrons. The second-order valence-electron chi connectivity index (χ2n) is 3.38. The molecule has 0 heteroatoms. The van der Waals surface area contributed by atoms with Gasteiger partial charge in [0.25, 0.3) is 0 Å². The second-order valence-corrected chi connectivity index (χ2v) is 3.38. The molecule has 0 aromatic rings. The van der Waals surface area contributed by atoms with Gasteiger partial charge in [0, 0.05) is 0 Å². The molecule has 0 N–H and O–H groups in total. The maximum Gasteiger partial charge on any atom is -0.0203 e. The molecule has 0 aliphatic heterocycles. The molecule has 0 rings (SSSR count). The van der Waals surface area contributed by atoms with Crippen molar-refractivity contribution >= 4 is 0 Å². The van der Waals surface area contributed by atoms with Crippen molar-refractivity contribution in [2.75, 3.05) is 0 Å². The Hall–Kier alpha value is -1.52. The van der Waals surface area contributed by atoms with Crippen LogP contribution in [0.15, 0.2) is 67.0 Å². The van der Waals surface area contributed by atoms with Gasteiger partial charge in [0.05, 0.1) is 0 Å². The van der Waals surface area contributed by atoms with Crippen molar-refractivity contribution in [3.05, 3.63) is 67.0 Å². The minimum atomic E-state index is 1.04. The zero-order valence-electron chi connectivity index (χ0n) is 10.2. The molecule has 0 aromatic heterocycles.